The zero-order valence-electron chi connectivity index (χ0n) is 11.9. The van der Waals surface area contributed by atoms with Crippen LogP contribution in [0.25, 0.3) is 0 Å². The molecule has 0 heterocycles. The van der Waals surface area contributed by atoms with E-state index in [9.17, 15) is 32.1 Å². The van der Waals surface area contributed by atoms with Crippen LogP contribution >= 0.6 is 0 Å². The molecule has 5 nitrogen and oxygen atoms in total. The number of nitro groups is 1. The van der Waals surface area contributed by atoms with Gasteiger partial charge in [-0.1, -0.05) is 0 Å². The first-order valence-corrected chi connectivity index (χ1v) is 6.38. The van der Waals surface area contributed by atoms with E-state index in [-0.39, 0.29) is 12.4 Å². The van der Waals surface area contributed by atoms with Crippen LogP contribution < -0.4 is 9.47 Å². The first-order chi connectivity index (χ1) is 11.3. The van der Waals surface area contributed by atoms with Gasteiger partial charge in [0.05, 0.1) is 11.5 Å². The van der Waals surface area contributed by atoms with Crippen molar-refractivity contribution in [2.75, 3.05) is 6.61 Å². The van der Waals surface area contributed by atoms with Gasteiger partial charge in [-0.2, -0.15) is 8.78 Å². The fraction of sp³-hybridized carbons (Fsp3) is 0.143. The molecule has 0 fully saturated rings. The Bertz CT molecular complexity index is 783. The number of nitrogens with zero attached hydrogens (tertiary/aromatic N) is 1. The molecule has 0 bridgehead atoms. The quantitative estimate of drug-likeness (QED) is 0.262. The predicted molar refractivity (Wildman–Crippen MR) is 70.6 cm³/mol. The van der Waals surface area contributed by atoms with Crippen molar-refractivity contribution in [3.05, 3.63) is 57.4 Å². The van der Waals surface area contributed by atoms with Crippen molar-refractivity contribution in [3.63, 3.8) is 0 Å². The molecule has 0 aromatic heterocycles. The van der Waals surface area contributed by atoms with Crippen molar-refractivity contribution in [2.24, 2.45) is 0 Å². The van der Waals surface area contributed by atoms with Gasteiger partial charge in [0, 0.05) is 12.1 Å². The van der Waals surface area contributed by atoms with E-state index in [1.165, 1.54) is 6.92 Å². The highest BCUT2D eigenvalue weighted by Gasteiger charge is 2.28. The van der Waals surface area contributed by atoms with Crippen LogP contribution in [0.4, 0.5) is 27.6 Å². The molecule has 2 aromatic carbocycles. The lowest BCUT2D eigenvalue weighted by atomic mass is 10.2. The van der Waals surface area contributed by atoms with Gasteiger partial charge < -0.3 is 9.47 Å². The summed E-state index contributed by atoms with van der Waals surface area (Å²) >= 11 is 0. The van der Waals surface area contributed by atoms with E-state index in [2.05, 4.69) is 4.74 Å². The van der Waals surface area contributed by atoms with Gasteiger partial charge in [0.1, 0.15) is 5.75 Å². The van der Waals surface area contributed by atoms with E-state index in [1.54, 1.807) is 0 Å². The van der Waals surface area contributed by atoms with Gasteiger partial charge in [-0.15, -0.1) is 0 Å². The van der Waals surface area contributed by atoms with Gasteiger partial charge in [-0.25, -0.2) is 13.2 Å². The summed E-state index contributed by atoms with van der Waals surface area (Å²) in [5.74, 6) is -13.2. The molecule has 0 atom stereocenters. The van der Waals surface area contributed by atoms with Crippen LogP contribution in [0, 0.1) is 39.2 Å². The molecule has 0 aliphatic carbocycles. The van der Waals surface area contributed by atoms with Gasteiger partial charge in [0.15, 0.2) is 0 Å². The Hall–Kier alpha value is -2.91. The van der Waals surface area contributed by atoms with Crippen LogP contribution in [0.5, 0.6) is 17.2 Å². The average Bonchev–Trinajstić information content (AvgIpc) is 2.55. The zero-order chi connectivity index (χ0) is 18.0. The molecule has 0 radical (unpaired) electrons. The summed E-state index contributed by atoms with van der Waals surface area (Å²) in [7, 11) is 0. The summed E-state index contributed by atoms with van der Waals surface area (Å²) in [5.41, 5.74) is -0.457. The molecule has 2 aromatic rings. The first-order valence-electron chi connectivity index (χ1n) is 6.38. The van der Waals surface area contributed by atoms with E-state index < -0.39 is 51.2 Å². The molecule has 0 saturated carbocycles. The predicted octanol–water partition coefficient (Wildman–Crippen LogP) is 4.48. The maximum absolute atomic E-state index is 13.6. The van der Waals surface area contributed by atoms with Crippen LogP contribution in [0.1, 0.15) is 6.92 Å². The molecule has 0 aliphatic heterocycles. The lowest BCUT2D eigenvalue weighted by Gasteiger charge is -2.11. The van der Waals surface area contributed by atoms with E-state index in [0.29, 0.717) is 0 Å². The van der Waals surface area contributed by atoms with E-state index >= 15 is 0 Å². The Morgan fingerprint density at radius 2 is 1.54 bits per heavy atom. The maximum Gasteiger partial charge on any atom is 0.311 e. The highest BCUT2D eigenvalue weighted by Crippen LogP contribution is 2.36. The topological polar surface area (TPSA) is 61.6 Å². The third-order valence-electron chi connectivity index (χ3n) is 2.82. The molecule has 0 spiro atoms. The van der Waals surface area contributed by atoms with Crippen LogP contribution in [0.2, 0.25) is 0 Å². The number of hydrogen-bond acceptors (Lipinski definition) is 4. The minimum absolute atomic E-state index is 0.0345. The van der Waals surface area contributed by atoms with Crippen molar-refractivity contribution in [1.82, 2.24) is 0 Å². The summed E-state index contributed by atoms with van der Waals surface area (Å²) in [4.78, 5) is 10.1. The van der Waals surface area contributed by atoms with Crippen molar-refractivity contribution in [2.45, 2.75) is 6.92 Å². The minimum atomic E-state index is -2.32. The molecule has 0 aliphatic rings. The molecule has 2 rings (SSSR count). The Morgan fingerprint density at radius 1 is 1.00 bits per heavy atom. The number of nitro benzene ring substituents is 1. The van der Waals surface area contributed by atoms with E-state index in [1.807, 2.05) is 0 Å². The number of rotatable bonds is 5. The first kappa shape index (κ1) is 17.4. The number of ether oxygens (including phenoxy) is 2. The third-order valence-corrected chi connectivity index (χ3v) is 2.82. The Kier molecular flexibility index (Phi) is 4.86. The van der Waals surface area contributed by atoms with Crippen LogP contribution in [-0.2, 0) is 0 Å². The Labute approximate surface area is 131 Å². The fourth-order valence-corrected chi connectivity index (χ4v) is 1.77. The Balaban J connectivity index is 2.49. The molecule has 24 heavy (non-hydrogen) atoms. The SMILES string of the molecule is CCOc1cc(Oc2c(F)c(F)c(F)c(F)c2F)ccc1[N+](=O)[O-]. The number of hydrogen-bond donors (Lipinski definition) is 0. The molecular weight excluding hydrogens is 341 g/mol. The Morgan fingerprint density at radius 3 is 2.04 bits per heavy atom. The highest BCUT2D eigenvalue weighted by atomic mass is 19.2. The lowest BCUT2D eigenvalue weighted by molar-refractivity contribution is -0.385. The minimum Gasteiger partial charge on any atom is -0.487 e. The number of benzene rings is 2. The average molecular weight is 349 g/mol. The standard InChI is InChI=1S/C14H8F5NO4/c1-2-23-8-5-6(3-4-7(8)20(21)22)24-14-12(18)10(16)9(15)11(17)13(14)19/h3-5H,2H2,1H3. The van der Waals surface area contributed by atoms with Gasteiger partial charge in [-0.05, 0) is 13.0 Å². The zero-order valence-corrected chi connectivity index (χ0v) is 11.9. The third kappa shape index (κ3) is 3.07. The van der Waals surface area contributed by atoms with Crippen molar-refractivity contribution >= 4 is 5.69 Å². The highest BCUT2D eigenvalue weighted by molar-refractivity contribution is 5.51. The molecule has 0 N–H and O–H groups in total. The fourth-order valence-electron chi connectivity index (χ4n) is 1.77. The smallest absolute Gasteiger partial charge is 0.311 e. The summed E-state index contributed by atoms with van der Waals surface area (Å²) < 4.78 is 76.0. The van der Waals surface area contributed by atoms with E-state index in [4.69, 9.17) is 4.74 Å². The molecule has 10 heteroatoms. The van der Waals surface area contributed by atoms with Gasteiger partial charge in [-0.3, -0.25) is 10.1 Å². The van der Waals surface area contributed by atoms with Crippen LogP contribution in [0.15, 0.2) is 18.2 Å². The second-order valence-electron chi connectivity index (χ2n) is 4.32. The largest absolute Gasteiger partial charge is 0.487 e. The van der Waals surface area contributed by atoms with Crippen molar-refractivity contribution in [1.29, 1.82) is 0 Å². The van der Waals surface area contributed by atoms with Crippen LogP contribution in [0.3, 0.4) is 0 Å². The monoisotopic (exact) mass is 349 g/mol. The summed E-state index contributed by atoms with van der Waals surface area (Å²) in [5, 5.41) is 10.8. The second kappa shape index (κ2) is 6.69. The summed E-state index contributed by atoms with van der Waals surface area (Å²) in [6, 6.07) is 2.74. The summed E-state index contributed by atoms with van der Waals surface area (Å²) in [6.07, 6.45) is 0. The lowest BCUT2D eigenvalue weighted by Crippen LogP contribution is -2.04. The molecule has 0 unspecified atom stereocenters. The molecule has 0 saturated heterocycles. The van der Waals surface area contributed by atoms with E-state index in [0.717, 1.165) is 18.2 Å². The van der Waals surface area contributed by atoms with Gasteiger partial charge in [0.2, 0.25) is 40.6 Å². The maximum atomic E-state index is 13.6. The molecule has 0 amide bonds. The molecular formula is C14H8F5NO4. The van der Waals surface area contributed by atoms with Crippen molar-refractivity contribution < 1.29 is 36.3 Å². The number of halogens is 5. The van der Waals surface area contributed by atoms with Crippen molar-refractivity contribution in [3.8, 4) is 17.2 Å². The summed E-state index contributed by atoms with van der Waals surface area (Å²) in [6.45, 7) is 1.56. The molecule has 128 valence electrons. The van der Waals surface area contributed by atoms with Gasteiger partial charge >= 0.3 is 5.69 Å². The van der Waals surface area contributed by atoms with Gasteiger partial charge in [0.25, 0.3) is 0 Å². The second-order valence-corrected chi connectivity index (χ2v) is 4.32. The van der Waals surface area contributed by atoms with Crippen LogP contribution in [-0.4, -0.2) is 11.5 Å². The normalized spacial score (nSPS) is 10.6.